The summed E-state index contributed by atoms with van der Waals surface area (Å²) in [4.78, 5) is 0. The van der Waals surface area contributed by atoms with E-state index in [1.165, 1.54) is 0 Å². The third-order valence-corrected chi connectivity index (χ3v) is 4.05. The minimum Gasteiger partial charge on any atom is -0.434 e. The van der Waals surface area contributed by atoms with Crippen LogP contribution in [0.1, 0.15) is 50.6 Å². The number of halogens is 2. The fraction of sp³-hybridized carbons (Fsp3) is 0.625. The maximum Gasteiger partial charge on any atom is 0.387 e. The van der Waals surface area contributed by atoms with E-state index in [9.17, 15) is 13.9 Å². The van der Waals surface area contributed by atoms with Crippen molar-refractivity contribution < 1.29 is 18.6 Å². The monoisotopic (exact) mass is 299 g/mol. The van der Waals surface area contributed by atoms with Gasteiger partial charge in [0, 0.05) is 17.6 Å². The summed E-state index contributed by atoms with van der Waals surface area (Å²) in [7, 11) is 0. The third-order valence-electron chi connectivity index (χ3n) is 4.05. The highest BCUT2D eigenvalue weighted by Gasteiger charge is 2.23. The molecule has 1 fully saturated rings. The summed E-state index contributed by atoms with van der Waals surface area (Å²) >= 11 is 0. The van der Waals surface area contributed by atoms with E-state index in [2.05, 4.69) is 10.1 Å². The van der Waals surface area contributed by atoms with Crippen LogP contribution in [0.2, 0.25) is 0 Å². The van der Waals surface area contributed by atoms with Crippen LogP contribution in [0.5, 0.6) is 5.75 Å². The lowest BCUT2D eigenvalue weighted by Gasteiger charge is -2.31. The van der Waals surface area contributed by atoms with Crippen molar-refractivity contribution in [3.8, 4) is 5.75 Å². The summed E-state index contributed by atoms with van der Waals surface area (Å²) in [6.07, 6.45) is 4.01. The molecule has 5 heteroatoms. The van der Waals surface area contributed by atoms with Crippen LogP contribution in [0, 0.1) is 0 Å². The number of aliphatic hydroxyl groups excluding tert-OH is 1. The molecule has 21 heavy (non-hydrogen) atoms. The maximum absolute atomic E-state index is 12.5. The van der Waals surface area contributed by atoms with Gasteiger partial charge in [-0.05, 0) is 38.2 Å². The fourth-order valence-corrected chi connectivity index (χ4v) is 2.93. The van der Waals surface area contributed by atoms with Gasteiger partial charge in [0.25, 0.3) is 0 Å². The van der Waals surface area contributed by atoms with E-state index in [0.29, 0.717) is 6.04 Å². The second-order valence-electron chi connectivity index (χ2n) is 5.55. The zero-order valence-electron chi connectivity index (χ0n) is 12.3. The molecule has 1 aliphatic carbocycles. The molecule has 1 unspecified atom stereocenters. The first-order chi connectivity index (χ1) is 10.1. The quantitative estimate of drug-likeness (QED) is 0.843. The normalized spacial score (nSPS) is 24.0. The molecule has 0 aliphatic heterocycles. The van der Waals surface area contributed by atoms with Gasteiger partial charge in [-0.15, -0.1) is 0 Å². The molecule has 1 aromatic carbocycles. The first-order valence-corrected chi connectivity index (χ1v) is 7.58. The van der Waals surface area contributed by atoms with Crippen LogP contribution in [0.3, 0.4) is 0 Å². The summed E-state index contributed by atoms with van der Waals surface area (Å²) in [6, 6.07) is 7.25. The largest absolute Gasteiger partial charge is 0.434 e. The molecule has 0 spiro atoms. The summed E-state index contributed by atoms with van der Waals surface area (Å²) in [5.74, 6) is 0.239. The molecule has 118 valence electrons. The minimum absolute atomic E-state index is 0.0137. The predicted octanol–water partition coefficient (Wildman–Crippen LogP) is 3.63. The minimum atomic E-state index is -2.81. The van der Waals surface area contributed by atoms with Gasteiger partial charge in [-0.2, -0.15) is 8.78 Å². The van der Waals surface area contributed by atoms with E-state index < -0.39 is 6.61 Å². The lowest BCUT2D eigenvalue weighted by Crippen LogP contribution is -2.37. The third kappa shape index (κ3) is 4.64. The molecule has 1 atom stereocenters. The highest BCUT2D eigenvalue weighted by Crippen LogP contribution is 2.30. The van der Waals surface area contributed by atoms with Gasteiger partial charge >= 0.3 is 6.61 Å². The topological polar surface area (TPSA) is 41.5 Å². The number of hydrogen-bond acceptors (Lipinski definition) is 3. The molecule has 1 saturated carbocycles. The van der Waals surface area contributed by atoms with E-state index in [0.717, 1.165) is 37.7 Å². The van der Waals surface area contributed by atoms with Crippen LogP contribution in [0.15, 0.2) is 24.3 Å². The molecule has 3 nitrogen and oxygen atoms in total. The van der Waals surface area contributed by atoms with Gasteiger partial charge in [0.05, 0.1) is 6.10 Å². The van der Waals surface area contributed by atoms with E-state index in [-0.39, 0.29) is 17.9 Å². The highest BCUT2D eigenvalue weighted by atomic mass is 19.3. The van der Waals surface area contributed by atoms with Gasteiger partial charge in [-0.25, -0.2) is 0 Å². The second-order valence-corrected chi connectivity index (χ2v) is 5.55. The number of aliphatic hydroxyl groups is 1. The average Bonchev–Trinajstić information content (AvgIpc) is 2.47. The predicted molar refractivity (Wildman–Crippen MR) is 77.5 cm³/mol. The van der Waals surface area contributed by atoms with Crippen molar-refractivity contribution in [1.29, 1.82) is 0 Å². The van der Waals surface area contributed by atoms with Gasteiger partial charge in [0.2, 0.25) is 0 Å². The number of rotatable bonds is 6. The number of nitrogens with one attached hydrogen (secondary N) is 1. The Balaban J connectivity index is 2.06. The van der Waals surface area contributed by atoms with Crippen molar-refractivity contribution in [2.24, 2.45) is 0 Å². The van der Waals surface area contributed by atoms with Gasteiger partial charge in [-0.1, -0.05) is 25.1 Å². The Hall–Kier alpha value is -1.20. The Morgan fingerprint density at radius 1 is 1.24 bits per heavy atom. The second kappa shape index (κ2) is 7.71. The van der Waals surface area contributed by atoms with Crippen LogP contribution in [-0.4, -0.2) is 23.9 Å². The van der Waals surface area contributed by atoms with Crippen LogP contribution in [-0.2, 0) is 0 Å². The smallest absolute Gasteiger partial charge is 0.387 e. The van der Waals surface area contributed by atoms with Crippen LogP contribution in [0.4, 0.5) is 8.78 Å². The van der Waals surface area contributed by atoms with E-state index in [1.807, 2.05) is 19.1 Å². The number of para-hydroxylation sites is 1. The van der Waals surface area contributed by atoms with Crippen molar-refractivity contribution in [3.63, 3.8) is 0 Å². The zero-order valence-corrected chi connectivity index (χ0v) is 12.3. The SMILES string of the molecule is CCC(NC1CCC(O)CC1)c1ccccc1OC(F)F. The first-order valence-electron chi connectivity index (χ1n) is 7.58. The lowest BCUT2D eigenvalue weighted by atomic mass is 9.91. The van der Waals surface area contributed by atoms with Gasteiger partial charge in [-0.3, -0.25) is 0 Å². The molecule has 0 saturated heterocycles. The molecule has 0 amide bonds. The molecule has 0 bridgehead atoms. The van der Waals surface area contributed by atoms with Gasteiger partial charge in [0.15, 0.2) is 0 Å². The Kier molecular flexibility index (Phi) is 5.94. The standard InChI is InChI=1S/C16H23F2NO2/c1-2-14(19-11-7-9-12(20)10-8-11)13-5-3-4-6-15(13)21-16(17)18/h3-6,11-12,14,16,19-20H,2,7-10H2,1H3. The number of hydrogen-bond donors (Lipinski definition) is 2. The highest BCUT2D eigenvalue weighted by molar-refractivity contribution is 5.36. The van der Waals surface area contributed by atoms with E-state index in [4.69, 9.17) is 0 Å². The van der Waals surface area contributed by atoms with E-state index >= 15 is 0 Å². The first kappa shape index (κ1) is 16.2. The van der Waals surface area contributed by atoms with Crippen molar-refractivity contribution in [2.75, 3.05) is 0 Å². The van der Waals surface area contributed by atoms with Crippen LogP contribution >= 0.6 is 0 Å². The van der Waals surface area contributed by atoms with Crippen LogP contribution in [0.25, 0.3) is 0 Å². The maximum atomic E-state index is 12.5. The van der Waals surface area contributed by atoms with Crippen LogP contribution < -0.4 is 10.1 Å². The molecule has 1 aliphatic rings. The fourth-order valence-electron chi connectivity index (χ4n) is 2.93. The summed E-state index contributed by atoms with van der Waals surface area (Å²) in [5, 5.41) is 13.1. The Bertz CT molecular complexity index is 434. The molecule has 0 heterocycles. The van der Waals surface area contributed by atoms with Gasteiger partial charge < -0.3 is 15.2 Å². The molecule has 1 aromatic rings. The number of benzene rings is 1. The summed E-state index contributed by atoms with van der Waals surface area (Å²) in [5.41, 5.74) is 0.770. The molecule has 0 radical (unpaired) electrons. The number of alkyl halides is 2. The Labute approximate surface area is 124 Å². The summed E-state index contributed by atoms with van der Waals surface area (Å²) < 4.78 is 29.6. The molecule has 2 N–H and O–H groups in total. The molecule has 0 aromatic heterocycles. The Morgan fingerprint density at radius 3 is 2.52 bits per heavy atom. The van der Waals surface area contributed by atoms with Crippen molar-refractivity contribution in [3.05, 3.63) is 29.8 Å². The van der Waals surface area contributed by atoms with Crippen molar-refractivity contribution >= 4 is 0 Å². The zero-order chi connectivity index (χ0) is 15.2. The van der Waals surface area contributed by atoms with E-state index in [1.54, 1.807) is 12.1 Å². The summed E-state index contributed by atoms with van der Waals surface area (Å²) in [6.45, 7) is -0.789. The number of ether oxygens (including phenoxy) is 1. The lowest BCUT2D eigenvalue weighted by molar-refractivity contribution is -0.0507. The van der Waals surface area contributed by atoms with Crippen molar-refractivity contribution in [1.82, 2.24) is 5.32 Å². The average molecular weight is 299 g/mol. The van der Waals surface area contributed by atoms with Gasteiger partial charge in [0.1, 0.15) is 5.75 Å². The van der Waals surface area contributed by atoms with Crippen molar-refractivity contribution in [2.45, 2.75) is 63.8 Å². The Morgan fingerprint density at radius 2 is 1.90 bits per heavy atom. The molecular weight excluding hydrogens is 276 g/mol. The molecular formula is C16H23F2NO2. The molecule has 2 rings (SSSR count).